The van der Waals surface area contributed by atoms with Gasteiger partial charge in [0.15, 0.2) is 0 Å². The van der Waals surface area contributed by atoms with Gasteiger partial charge in [0.2, 0.25) is 5.91 Å². The van der Waals surface area contributed by atoms with Crippen LogP contribution in [0.25, 0.3) is 32.0 Å². The fourth-order valence-corrected chi connectivity index (χ4v) is 5.01. The number of aryl methyl sites for hydroxylation is 1. The largest absolute Gasteiger partial charge is 0.370 e. The summed E-state index contributed by atoms with van der Waals surface area (Å²) in [6, 6.07) is 11.9. The molecule has 0 aliphatic rings. The summed E-state index contributed by atoms with van der Waals surface area (Å²) in [4.78, 5) is 31.3. The van der Waals surface area contributed by atoms with Gasteiger partial charge in [-0.1, -0.05) is 29.8 Å². The first kappa shape index (κ1) is 18.6. The number of hydrogen-bond donors (Lipinski definition) is 1. The lowest BCUT2D eigenvalue weighted by Gasteiger charge is -2.13. The number of amides is 1. The molecule has 0 atom stereocenters. The maximum atomic E-state index is 13.5. The second kappa shape index (κ2) is 7.69. The summed E-state index contributed by atoms with van der Waals surface area (Å²) in [7, 11) is 0. The average Bonchev–Trinajstić information content (AvgIpc) is 3.32. The number of aromatic nitrogens is 2. The molecule has 1 amide bonds. The zero-order chi connectivity index (χ0) is 19.7. The highest BCUT2D eigenvalue weighted by atomic mass is 32.1. The van der Waals surface area contributed by atoms with Crippen molar-refractivity contribution in [2.75, 3.05) is 0 Å². The number of primary amides is 1. The lowest BCUT2D eigenvalue weighted by atomic mass is 10.1. The molecule has 0 aliphatic carbocycles. The fourth-order valence-electron chi connectivity index (χ4n) is 3.26. The Balaban J connectivity index is 1.92. The summed E-state index contributed by atoms with van der Waals surface area (Å²) in [6.45, 7) is 2.41. The number of benzene rings is 1. The molecule has 3 heterocycles. The van der Waals surface area contributed by atoms with Gasteiger partial charge in [-0.05, 0) is 30.9 Å². The first-order valence-corrected chi connectivity index (χ1v) is 10.7. The van der Waals surface area contributed by atoms with Crippen molar-refractivity contribution in [2.45, 2.75) is 26.3 Å². The quantitative estimate of drug-likeness (QED) is 0.512. The van der Waals surface area contributed by atoms with Gasteiger partial charge in [0, 0.05) is 34.3 Å². The van der Waals surface area contributed by atoms with E-state index in [1.165, 1.54) is 11.3 Å². The van der Waals surface area contributed by atoms with Crippen LogP contribution in [-0.2, 0) is 11.3 Å². The molecule has 0 unspecified atom stereocenters. The lowest BCUT2D eigenvalue weighted by molar-refractivity contribution is -0.118. The lowest BCUT2D eigenvalue weighted by Crippen LogP contribution is -2.24. The van der Waals surface area contributed by atoms with Crippen LogP contribution in [0.1, 0.15) is 18.4 Å². The van der Waals surface area contributed by atoms with E-state index in [1.807, 2.05) is 54.1 Å². The standard InChI is InChI=1S/C21H19N3O2S2/c1-13-5-2-6-14(11-13)19-23-20-18(15(12-28-20)16-7-4-10-27-16)21(26)24(19)9-3-8-17(22)25/h2,4-7,10-12H,3,8-9H2,1H3,(H2,22,25). The van der Waals surface area contributed by atoms with E-state index in [0.717, 1.165) is 26.4 Å². The van der Waals surface area contributed by atoms with E-state index in [1.54, 1.807) is 15.9 Å². The van der Waals surface area contributed by atoms with Crippen LogP contribution in [0, 0.1) is 6.92 Å². The van der Waals surface area contributed by atoms with Crippen molar-refractivity contribution in [3.8, 4) is 21.8 Å². The van der Waals surface area contributed by atoms with Crippen LogP contribution < -0.4 is 11.3 Å². The Hall–Kier alpha value is -2.77. The Labute approximate surface area is 170 Å². The molecule has 4 rings (SSSR count). The highest BCUT2D eigenvalue weighted by molar-refractivity contribution is 7.18. The summed E-state index contributed by atoms with van der Waals surface area (Å²) < 4.78 is 1.68. The SMILES string of the molecule is Cc1cccc(-c2nc3scc(-c4cccs4)c3c(=O)n2CCCC(N)=O)c1. The van der Waals surface area contributed by atoms with Crippen molar-refractivity contribution < 1.29 is 4.79 Å². The molecular weight excluding hydrogens is 390 g/mol. The number of fused-ring (bicyclic) bond motifs is 1. The van der Waals surface area contributed by atoms with Crippen molar-refractivity contribution in [3.05, 3.63) is 63.1 Å². The number of carbonyl (C=O) groups is 1. The van der Waals surface area contributed by atoms with Gasteiger partial charge in [-0.25, -0.2) is 4.98 Å². The minimum absolute atomic E-state index is 0.0735. The first-order valence-electron chi connectivity index (χ1n) is 8.96. The van der Waals surface area contributed by atoms with Crippen molar-refractivity contribution >= 4 is 38.8 Å². The second-order valence-corrected chi connectivity index (χ2v) is 8.44. The molecule has 0 spiro atoms. The number of rotatable bonds is 6. The van der Waals surface area contributed by atoms with E-state index in [4.69, 9.17) is 10.7 Å². The third-order valence-corrected chi connectivity index (χ3v) is 6.34. The van der Waals surface area contributed by atoms with Gasteiger partial charge in [0.25, 0.3) is 5.56 Å². The molecule has 0 aliphatic heterocycles. The Morgan fingerprint density at radius 1 is 1.21 bits per heavy atom. The zero-order valence-electron chi connectivity index (χ0n) is 15.3. The predicted molar refractivity (Wildman–Crippen MR) is 116 cm³/mol. The number of hydrogen-bond acceptors (Lipinski definition) is 5. The van der Waals surface area contributed by atoms with Crippen molar-refractivity contribution in [3.63, 3.8) is 0 Å². The Bertz CT molecular complexity index is 1210. The van der Waals surface area contributed by atoms with Crippen molar-refractivity contribution in [1.82, 2.24) is 9.55 Å². The Kier molecular flexibility index (Phi) is 5.11. The number of carbonyl (C=O) groups excluding carboxylic acids is 1. The van der Waals surface area contributed by atoms with Gasteiger partial charge in [-0.3, -0.25) is 14.2 Å². The van der Waals surface area contributed by atoms with Gasteiger partial charge < -0.3 is 5.73 Å². The van der Waals surface area contributed by atoms with Crippen LogP contribution in [0.15, 0.2) is 52.0 Å². The zero-order valence-corrected chi connectivity index (χ0v) is 17.0. The number of nitrogens with zero attached hydrogens (tertiary/aromatic N) is 2. The summed E-state index contributed by atoms with van der Waals surface area (Å²) >= 11 is 3.09. The molecule has 0 radical (unpaired) electrons. The second-order valence-electron chi connectivity index (χ2n) is 6.64. The van der Waals surface area contributed by atoms with Gasteiger partial charge in [-0.15, -0.1) is 22.7 Å². The van der Waals surface area contributed by atoms with E-state index in [-0.39, 0.29) is 17.9 Å². The summed E-state index contributed by atoms with van der Waals surface area (Å²) in [6.07, 6.45) is 0.735. The highest BCUT2D eigenvalue weighted by Crippen LogP contribution is 2.34. The fraction of sp³-hybridized carbons (Fsp3) is 0.190. The van der Waals surface area contributed by atoms with Crippen LogP contribution in [0.4, 0.5) is 0 Å². The van der Waals surface area contributed by atoms with E-state index in [0.29, 0.717) is 24.2 Å². The first-order chi connectivity index (χ1) is 13.5. The van der Waals surface area contributed by atoms with Crippen LogP contribution in [0.5, 0.6) is 0 Å². The normalized spacial score (nSPS) is 11.2. The van der Waals surface area contributed by atoms with E-state index in [2.05, 4.69) is 0 Å². The smallest absolute Gasteiger partial charge is 0.263 e. The third-order valence-electron chi connectivity index (χ3n) is 4.56. The van der Waals surface area contributed by atoms with Crippen LogP contribution in [0.3, 0.4) is 0 Å². The summed E-state index contributed by atoms with van der Waals surface area (Å²) in [5.41, 5.74) is 8.13. The van der Waals surface area contributed by atoms with Gasteiger partial charge >= 0.3 is 0 Å². The molecule has 3 aromatic heterocycles. The highest BCUT2D eigenvalue weighted by Gasteiger charge is 2.18. The number of thiophene rings is 2. The molecule has 5 nitrogen and oxygen atoms in total. The maximum absolute atomic E-state index is 13.5. The Morgan fingerprint density at radius 2 is 2.07 bits per heavy atom. The molecule has 1 aromatic carbocycles. The third kappa shape index (κ3) is 3.50. The van der Waals surface area contributed by atoms with Crippen LogP contribution >= 0.6 is 22.7 Å². The van der Waals surface area contributed by atoms with E-state index in [9.17, 15) is 9.59 Å². The van der Waals surface area contributed by atoms with E-state index >= 15 is 0 Å². The van der Waals surface area contributed by atoms with Gasteiger partial charge in [0.1, 0.15) is 10.7 Å². The summed E-state index contributed by atoms with van der Waals surface area (Å²) in [5.74, 6) is 0.263. The van der Waals surface area contributed by atoms with Gasteiger partial charge in [-0.2, -0.15) is 0 Å². The molecule has 2 N–H and O–H groups in total. The molecule has 0 bridgehead atoms. The molecule has 0 fully saturated rings. The molecular formula is C21H19N3O2S2. The number of nitrogens with two attached hydrogens (primary N) is 1. The molecule has 28 heavy (non-hydrogen) atoms. The average molecular weight is 410 g/mol. The molecule has 0 saturated heterocycles. The monoisotopic (exact) mass is 409 g/mol. The Morgan fingerprint density at radius 3 is 2.79 bits per heavy atom. The van der Waals surface area contributed by atoms with Crippen LogP contribution in [-0.4, -0.2) is 15.5 Å². The summed E-state index contributed by atoms with van der Waals surface area (Å²) in [5, 5.41) is 4.64. The molecule has 142 valence electrons. The van der Waals surface area contributed by atoms with Crippen LogP contribution in [0.2, 0.25) is 0 Å². The van der Waals surface area contributed by atoms with Gasteiger partial charge in [0.05, 0.1) is 5.39 Å². The molecule has 4 aromatic rings. The molecule has 7 heteroatoms. The van der Waals surface area contributed by atoms with Crippen molar-refractivity contribution in [1.29, 1.82) is 0 Å². The maximum Gasteiger partial charge on any atom is 0.263 e. The van der Waals surface area contributed by atoms with E-state index < -0.39 is 0 Å². The predicted octanol–water partition coefficient (Wildman–Crippen LogP) is 4.43. The minimum atomic E-state index is -0.367. The topological polar surface area (TPSA) is 78.0 Å². The molecule has 0 saturated carbocycles. The minimum Gasteiger partial charge on any atom is -0.370 e. The van der Waals surface area contributed by atoms with Crippen molar-refractivity contribution in [2.24, 2.45) is 5.73 Å².